The normalized spacial score (nSPS) is 12.2. The fourth-order valence-corrected chi connectivity index (χ4v) is 3.60. The Morgan fingerprint density at radius 2 is 1.50 bits per heavy atom. The van der Waals surface area contributed by atoms with E-state index in [-0.39, 0.29) is 48.0 Å². The molecular formula is C23H25N5O4. The number of hydrogen-bond acceptors (Lipinski definition) is 6. The molecule has 0 aliphatic heterocycles. The average molecular weight is 435 g/mol. The number of imidazole rings is 1. The number of aliphatic hydroxyl groups excluding tert-OH is 2. The molecule has 4 rings (SSSR count). The maximum Gasteiger partial charge on any atom is 0.330 e. The summed E-state index contributed by atoms with van der Waals surface area (Å²) in [7, 11) is 1.58. The van der Waals surface area contributed by atoms with Crippen molar-refractivity contribution < 1.29 is 10.2 Å². The lowest BCUT2D eigenvalue weighted by atomic mass is 10.2. The van der Waals surface area contributed by atoms with Crippen molar-refractivity contribution in [1.82, 2.24) is 18.7 Å². The van der Waals surface area contributed by atoms with E-state index in [1.807, 2.05) is 60.7 Å². The second-order valence-electron chi connectivity index (χ2n) is 7.62. The molecule has 0 bridgehead atoms. The SMILES string of the molecule is Cn1c(=O)n(Cc2ccccc2)c2c(=O)n(Cc3ccccc3)c(NCC(O)CO)nc21. The Balaban J connectivity index is 1.89. The highest BCUT2D eigenvalue weighted by Crippen LogP contribution is 2.14. The first-order valence-corrected chi connectivity index (χ1v) is 10.3. The topological polar surface area (TPSA) is 114 Å². The van der Waals surface area contributed by atoms with Gasteiger partial charge in [-0.15, -0.1) is 0 Å². The number of nitrogens with zero attached hydrogens (tertiary/aromatic N) is 4. The van der Waals surface area contributed by atoms with Crippen LogP contribution in [0.4, 0.5) is 5.95 Å². The van der Waals surface area contributed by atoms with Crippen LogP contribution in [0.3, 0.4) is 0 Å². The summed E-state index contributed by atoms with van der Waals surface area (Å²) < 4.78 is 4.23. The second kappa shape index (κ2) is 9.21. The first-order chi connectivity index (χ1) is 15.5. The van der Waals surface area contributed by atoms with Gasteiger partial charge in [0.25, 0.3) is 5.56 Å². The molecule has 32 heavy (non-hydrogen) atoms. The molecule has 2 heterocycles. The Morgan fingerprint density at radius 1 is 0.938 bits per heavy atom. The molecule has 0 aliphatic rings. The number of fused-ring (bicyclic) bond motifs is 1. The molecule has 4 aromatic rings. The largest absolute Gasteiger partial charge is 0.394 e. The minimum absolute atomic E-state index is 0.00189. The zero-order valence-electron chi connectivity index (χ0n) is 17.7. The number of rotatable bonds is 8. The summed E-state index contributed by atoms with van der Waals surface area (Å²) in [6.07, 6.45) is -1.01. The molecule has 9 nitrogen and oxygen atoms in total. The standard InChI is InChI=1S/C23H25N5O4/c1-26-20-19(27(23(26)32)13-16-8-4-2-5-9-16)21(31)28(14-17-10-6-3-7-11-17)22(25-20)24-12-18(30)15-29/h2-11,18,29-30H,12-15H2,1H3,(H,24,25). The van der Waals surface area contributed by atoms with E-state index in [0.29, 0.717) is 0 Å². The van der Waals surface area contributed by atoms with Crippen LogP contribution in [-0.4, -0.2) is 48.2 Å². The third-order valence-electron chi connectivity index (χ3n) is 5.31. The van der Waals surface area contributed by atoms with Gasteiger partial charge in [0.2, 0.25) is 5.95 Å². The number of aliphatic hydroxyl groups is 2. The van der Waals surface area contributed by atoms with E-state index in [1.165, 1.54) is 13.7 Å². The molecule has 0 amide bonds. The molecule has 166 valence electrons. The van der Waals surface area contributed by atoms with Crippen LogP contribution in [0.25, 0.3) is 11.2 Å². The molecule has 0 aliphatic carbocycles. The van der Waals surface area contributed by atoms with E-state index in [2.05, 4.69) is 10.3 Å². The van der Waals surface area contributed by atoms with E-state index >= 15 is 0 Å². The fourth-order valence-electron chi connectivity index (χ4n) is 3.60. The van der Waals surface area contributed by atoms with Gasteiger partial charge in [-0.25, -0.2) is 4.79 Å². The van der Waals surface area contributed by atoms with Gasteiger partial charge in [-0.1, -0.05) is 60.7 Å². The molecule has 2 aromatic heterocycles. The van der Waals surface area contributed by atoms with Gasteiger partial charge < -0.3 is 15.5 Å². The minimum Gasteiger partial charge on any atom is -0.394 e. The average Bonchev–Trinajstić information content (AvgIpc) is 3.05. The smallest absolute Gasteiger partial charge is 0.330 e. The molecule has 0 radical (unpaired) electrons. The Labute approximate surface area is 183 Å². The van der Waals surface area contributed by atoms with Crippen LogP contribution >= 0.6 is 0 Å². The maximum absolute atomic E-state index is 13.6. The Morgan fingerprint density at radius 3 is 2.06 bits per heavy atom. The zero-order valence-corrected chi connectivity index (χ0v) is 17.7. The van der Waals surface area contributed by atoms with Gasteiger partial charge in [0.05, 0.1) is 25.8 Å². The van der Waals surface area contributed by atoms with Gasteiger partial charge in [-0.3, -0.25) is 18.5 Å². The van der Waals surface area contributed by atoms with Crippen molar-refractivity contribution in [3.05, 3.63) is 92.6 Å². The minimum atomic E-state index is -1.01. The first-order valence-electron chi connectivity index (χ1n) is 10.3. The third kappa shape index (κ3) is 4.20. The number of benzene rings is 2. The van der Waals surface area contributed by atoms with Crippen LogP contribution in [0.1, 0.15) is 11.1 Å². The van der Waals surface area contributed by atoms with E-state index in [1.54, 1.807) is 7.05 Å². The van der Waals surface area contributed by atoms with Gasteiger partial charge >= 0.3 is 5.69 Å². The monoisotopic (exact) mass is 435 g/mol. The highest BCUT2D eigenvalue weighted by atomic mass is 16.3. The predicted octanol–water partition coefficient (Wildman–Crippen LogP) is 0.758. The summed E-state index contributed by atoms with van der Waals surface area (Å²) in [5.74, 6) is 0.214. The highest BCUT2D eigenvalue weighted by molar-refractivity contribution is 5.72. The summed E-state index contributed by atoms with van der Waals surface area (Å²) in [5, 5.41) is 21.8. The molecule has 0 saturated heterocycles. The van der Waals surface area contributed by atoms with Gasteiger partial charge in [-0.05, 0) is 11.1 Å². The van der Waals surface area contributed by atoms with Crippen molar-refractivity contribution in [2.45, 2.75) is 19.2 Å². The van der Waals surface area contributed by atoms with Gasteiger partial charge in [0, 0.05) is 13.6 Å². The summed E-state index contributed by atoms with van der Waals surface area (Å²) in [6, 6.07) is 18.9. The van der Waals surface area contributed by atoms with Crippen molar-refractivity contribution in [2.24, 2.45) is 7.05 Å². The van der Waals surface area contributed by atoms with Crippen molar-refractivity contribution in [3.8, 4) is 0 Å². The molecule has 2 aromatic carbocycles. The second-order valence-corrected chi connectivity index (χ2v) is 7.62. The molecule has 1 unspecified atom stereocenters. The highest BCUT2D eigenvalue weighted by Gasteiger charge is 2.21. The molecule has 0 saturated carbocycles. The Hall–Kier alpha value is -3.69. The predicted molar refractivity (Wildman–Crippen MR) is 122 cm³/mol. The quantitative estimate of drug-likeness (QED) is 0.377. The van der Waals surface area contributed by atoms with Gasteiger partial charge in [0.1, 0.15) is 0 Å². The Bertz CT molecular complexity index is 1330. The molecule has 0 spiro atoms. The summed E-state index contributed by atoms with van der Waals surface area (Å²) in [5.41, 5.74) is 1.53. The molecule has 3 N–H and O–H groups in total. The van der Waals surface area contributed by atoms with Crippen LogP contribution in [0.5, 0.6) is 0 Å². The van der Waals surface area contributed by atoms with Crippen molar-refractivity contribution in [1.29, 1.82) is 0 Å². The lowest BCUT2D eigenvalue weighted by Crippen LogP contribution is -2.31. The van der Waals surface area contributed by atoms with Crippen LogP contribution < -0.4 is 16.6 Å². The Kier molecular flexibility index (Phi) is 6.20. The molecule has 0 fully saturated rings. The molecular weight excluding hydrogens is 410 g/mol. The summed E-state index contributed by atoms with van der Waals surface area (Å²) in [6.45, 7) is 0.0515. The van der Waals surface area contributed by atoms with Gasteiger partial charge in [0.15, 0.2) is 11.2 Å². The number of anilines is 1. The number of aromatic nitrogens is 4. The van der Waals surface area contributed by atoms with Crippen LogP contribution in [-0.2, 0) is 20.1 Å². The maximum atomic E-state index is 13.6. The number of hydrogen-bond donors (Lipinski definition) is 3. The summed E-state index contributed by atoms with van der Waals surface area (Å²) >= 11 is 0. The third-order valence-corrected chi connectivity index (χ3v) is 5.31. The lowest BCUT2D eigenvalue weighted by molar-refractivity contribution is 0.105. The van der Waals surface area contributed by atoms with E-state index in [4.69, 9.17) is 5.11 Å². The fraction of sp³-hybridized carbons (Fsp3) is 0.261. The van der Waals surface area contributed by atoms with E-state index in [9.17, 15) is 14.7 Å². The van der Waals surface area contributed by atoms with Gasteiger partial charge in [-0.2, -0.15) is 4.98 Å². The molecule has 9 heteroatoms. The van der Waals surface area contributed by atoms with Crippen molar-refractivity contribution in [3.63, 3.8) is 0 Å². The van der Waals surface area contributed by atoms with E-state index in [0.717, 1.165) is 11.1 Å². The van der Waals surface area contributed by atoms with Crippen molar-refractivity contribution in [2.75, 3.05) is 18.5 Å². The summed E-state index contributed by atoms with van der Waals surface area (Å²) in [4.78, 5) is 31.2. The number of nitrogens with one attached hydrogen (secondary N) is 1. The van der Waals surface area contributed by atoms with Crippen LogP contribution in [0.2, 0.25) is 0 Å². The zero-order chi connectivity index (χ0) is 22.7. The molecule has 1 atom stereocenters. The van der Waals surface area contributed by atoms with E-state index < -0.39 is 12.7 Å². The van der Waals surface area contributed by atoms with Crippen molar-refractivity contribution >= 4 is 17.1 Å². The lowest BCUT2D eigenvalue weighted by Gasteiger charge is -2.16. The number of aryl methyl sites for hydroxylation is 1. The van der Waals surface area contributed by atoms with Crippen LogP contribution in [0.15, 0.2) is 70.3 Å². The first kappa shape index (κ1) is 21.5. The van der Waals surface area contributed by atoms with Crippen LogP contribution in [0, 0.1) is 0 Å².